The van der Waals surface area contributed by atoms with Gasteiger partial charge in [0.15, 0.2) is 0 Å². The fourth-order valence-corrected chi connectivity index (χ4v) is 1.71. The zero-order valence-corrected chi connectivity index (χ0v) is 11.7. The molecule has 0 aliphatic carbocycles. The Morgan fingerprint density at radius 1 is 1.18 bits per heavy atom. The van der Waals surface area contributed by atoms with Crippen molar-refractivity contribution in [1.29, 1.82) is 0 Å². The molecule has 0 unspecified atom stereocenters. The van der Waals surface area contributed by atoms with E-state index in [1.54, 1.807) is 0 Å². The van der Waals surface area contributed by atoms with Crippen molar-refractivity contribution in [2.45, 2.75) is 6.42 Å². The summed E-state index contributed by atoms with van der Waals surface area (Å²) in [4.78, 5) is 14.9. The van der Waals surface area contributed by atoms with Gasteiger partial charge in [-0.1, -0.05) is 6.07 Å². The molecule has 4 nitrogen and oxygen atoms in total. The van der Waals surface area contributed by atoms with Crippen molar-refractivity contribution in [2.75, 3.05) is 18.5 Å². The van der Waals surface area contributed by atoms with Gasteiger partial charge in [-0.3, -0.25) is 4.98 Å². The van der Waals surface area contributed by atoms with Crippen molar-refractivity contribution < 1.29 is 0 Å². The molecule has 2 rings (SSSR count). The van der Waals surface area contributed by atoms with E-state index in [-0.39, 0.29) is 0 Å². The molecule has 0 N–H and O–H groups in total. The van der Waals surface area contributed by atoms with Gasteiger partial charge >= 0.3 is 0 Å². The molecule has 88 valence electrons. The van der Waals surface area contributed by atoms with E-state index < -0.39 is 0 Å². The van der Waals surface area contributed by atoms with Crippen LogP contribution in [0.5, 0.6) is 0 Å². The second-order valence-corrected chi connectivity index (χ2v) is 4.94. The van der Waals surface area contributed by atoms with Gasteiger partial charge in [-0.25, -0.2) is 9.97 Å². The van der Waals surface area contributed by atoms with Crippen LogP contribution in [0, 0.1) is 3.57 Å². The summed E-state index contributed by atoms with van der Waals surface area (Å²) in [5.41, 5.74) is 1.09. The first-order chi connectivity index (χ1) is 8.25. The van der Waals surface area contributed by atoms with Crippen LogP contribution >= 0.6 is 22.6 Å². The maximum absolute atomic E-state index is 4.29. The van der Waals surface area contributed by atoms with Crippen LogP contribution in [0.3, 0.4) is 0 Å². The molecular formula is C12H13IN4. The third-order valence-corrected chi connectivity index (χ3v) is 2.93. The fourth-order valence-electron chi connectivity index (χ4n) is 1.43. The van der Waals surface area contributed by atoms with Crippen LogP contribution in [-0.4, -0.2) is 28.5 Å². The van der Waals surface area contributed by atoms with Crippen LogP contribution in [0.15, 0.2) is 36.8 Å². The van der Waals surface area contributed by atoms with E-state index in [1.165, 1.54) is 0 Å². The fraction of sp³-hybridized carbons (Fsp3) is 0.250. The highest BCUT2D eigenvalue weighted by Gasteiger charge is 2.04. The molecule has 0 aliphatic heterocycles. The molecule has 0 saturated heterocycles. The Balaban J connectivity index is 1.93. The molecule has 0 saturated carbocycles. The lowest BCUT2D eigenvalue weighted by molar-refractivity contribution is 0.820. The number of hydrogen-bond acceptors (Lipinski definition) is 4. The summed E-state index contributed by atoms with van der Waals surface area (Å²) in [6, 6.07) is 5.96. The lowest BCUT2D eigenvalue weighted by atomic mass is 10.2. The van der Waals surface area contributed by atoms with Crippen LogP contribution in [-0.2, 0) is 6.42 Å². The first kappa shape index (κ1) is 12.2. The summed E-state index contributed by atoms with van der Waals surface area (Å²) < 4.78 is 1.05. The van der Waals surface area contributed by atoms with Gasteiger partial charge in [-0.15, -0.1) is 0 Å². The van der Waals surface area contributed by atoms with Crippen LogP contribution in [0.1, 0.15) is 5.69 Å². The minimum atomic E-state index is 0.751. The average Bonchev–Trinajstić information content (AvgIpc) is 2.38. The minimum absolute atomic E-state index is 0.751. The van der Waals surface area contributed by atoms with Crippen LogP contribution in [0.4, 0.5) is 5.95 Å². The standard InChI is InChI=1S/C12H13IN4/c1-17(12-15-8-10(13)9-16-12)7-5-11-4-2-3-6-14-11/h2-4,6,8-9H,5,7H2,1H3. The Kier molecular flexibility index (Phi) is 4.24. The Bertz CT molecular complexity index is 458. The first-order valence-corrected chi connectivity index (χ1v) is 6.42. The SMILES string of the molecule is CN(CCc1ccccn1)c1ncc(I)cn1. The number of halogens is 1. The van der Waals surface area contributed by atoms with Crippen LogP contribution < -0.4 is 4.90 Å². The van der Waals surface area contributed by atoms with Gasteiger partial charge in [-0.05, 0) is 34.7 Å². The molecule has 2 aromatic rings. The number of pyridine rings is 1. The van der Waals surface area contributed by atoms with Crippen molar-refractivity contribution in [3.63, 3.8) is 0 Å². The maximum Gasteiger partial charge on any atom is 0.225 e. The Morgan fingerprint density at radius 3 is 2.59 bits per heavy atom. The van der Waals surface area contributed by atoms with Gasteiger partial charge in [0.1, 0.15) is 0 Å². The number of hydrogen-bond donors (Lipinski definition) is 0. The van der Waals surface area contributed by atoms with E-state index in [0.717, 1.165) is 28.2 Å². The van der Waals surface area contributed by atoms with E-state index in [0.29, 0.717) is 0 Å². The van der Waals surface area contributed by atoms with E-state index in [4.69, 9.17) is 0 Å². The normalized spacial score (nSPS) is 10.2. The van der Waals surface area contributed by atoms with Crippen LogP contribution in [0.2, 0.25) is 0 Å². The second kappa shape index (κ2) is 5.90. The first-order valence-electron chi connectivity index (χ1n) is 5.34. The molecule has 0 aromatic carbocycles. The zero-order chi connectivity index (χ0) is 12.1. The molecule has 17 heavy (non-hydrogen) atoms. The molecule has 0 radical (unpaired) electrons. The lowest BCUT2D eigenvalue weighted by Gasteiger charge is -2.16. The number of anilines is 1. The van der Waals surface area contributed by atoms with Crippen molar-refractivity contribution in [1.82, 2.24) is 15.0 Å². The summed E-state index contributed by atoms with van der Waals surface area (Å²) >= 11 is 2.20. The molecule has 0 fully saturated rings. The Labute approximate surface area is 114 Å². The molecule has 0 spiro atoms. The predicted octanol–water partition coefficient (Wildman–Crippen LogP) is 2.16. The van der Waals surface area contributed by atoms with E-state index >= 15 is 0 Å². The predicted molar refractivity (Wildman–Crippen MR) is 76.0 cm³/mol. The van der Waals surface area contributed by atoms with Gasteiger partial charge < -0.3 is 4.90 Å². The summed E-state index contributed by atoms with van der Waals surface area (Å²) in [5, 5.41) is 0. The minimum Gasteiger partial charge on any atom is -0.343 e. The van der Waals surface area contributed by atoms with Gasteiger partial charge in [0, 0.05) is 47.9 Å². The largest absolute Gasteiger partial charge is 0.343 e. The number of likely N-dealkylation sites (N-methyl/N-ethyl adjacent to an activating group) is 1. The quantitative estimate of drug-likeness (QED) is 0.800. The molecule has 0 bridgehead atoms. The molecule has 2 aromatic heterocycles. The Morgan fingerprint density at radius 2 is 1.94 bits per heavy atom. The van der Waals surface area contributed by atoms with Gasteiger partial charge in [0.25, 0.3) is 0 Å². The van der Waals surface area contributed by atoms with Crippen molar-refractivity contribution >= 4 is 28.5 Å². The van der Waals surface area contributed by atoms with Crippen molar-refractivity contribution in [3.05, 3.63) is 46.1 Å². The third kappa shape index (κ3) is 3.62. The van der Waals surface area contributed by atoms with Crippen molar-refractivity contribution in [3.8, 4) is 0 Å². The lowest BCUT2D eigenvalue weighted by Crippen LogP contribution is -2.22. The Hall–Kier alpha value is -1.24. The van der Waals surface area contributed by atoms with Gasteiger partial charge in [-0.2, -0.15) is 0 Å². The molecule has 0 aliphatic rings. The summed E-state index contributed by atoms with van der Waals surface area (Å²) in [6.07, 6.45) is 6.35. The van der Waals surface area contributed by atoms with E-state index in [9.17, 15) is 0 Å². The third-order valence-electron chi connectivity index (χ3n) is 2.38. The highest BCUT2D eigenvalue weighted by Crippen LogP contribution is 2.07. The summed E-state index contributed by atoms with van der Waals surface area (Å²) in [7, 11) is 1.99. The highest BCUT2D eigenvalue weighted by atomic mass is 127. The zero-order valence-electron chi connectivity index (χ0n) is 9.55. The maximum atomic E-state index is 4.29. The van der Waals surface area contributed by atoms with Gasteiger partial charge in [0.2, 0.25) is 5.95 Å². The van der Waals surface area contributed by atoms with Gasteiger partial charge in [0.05, 0.1) is 0 Å². The molecular weight excluding hydrogens is 327 g/mol. The highest BCUT2D eigenvalue weighted by molar-refractivity contribution is 14.1. The summed E-state index contributed by atoms with van der Waals surface area (Å²) in [6.45, 7) is 0.859. The van der Waals surface area contributed by atoms with E-state index in [2.05, 4.69) is 37.5 Å². The molecule has 2 heterocycles. The smallest absolute Gasteiger partial charge is 0.225 e. The number of rotatable bonds is 4. The second-order valence-electron chi connectivity index (χ2n) is 3.69. The average molecular weight is 340 g/mol. The molecule has 0 atom stereocenters. The monoisotopic (exact) mass is 340 g/mol. The molecule has 0 amide bonds. The molecule has 5 heteroatoms. The number of aromatic nitrogens is 3. The summed E-state index contributed by atoms with van der Waals surface area (Å²) in [5.74, 6) is 0.751. The van der Waals surface area contributed by atoms with Crippen LogP contribution in [0.25, 0.3) is 0 Å². The van der Waals surface area contributed by atoms with Crippen molar-refractivity contribution in [2.24, 2.45) is 0 Å². The number of nitrogens with zero attached hydrogens (tertiary/aromatic N) is 4. The van der Waals surface area contributed by atoms with E-state index in [1.807, 2.05) is 48.7 Å². The topological polar surface area (TPSA) is 41.9 Å².